The first-order chi connectivity index (χ1) is 13.1. The molecule has 27 heavy (non-hydrogen) atoms. The third kappa shape index (κ3) is 4.25. The Bertz CT molecular complexity index is 910. The maximum Gasteiger partial charge on any atom is 0.131 e. The predicted octanol–water partition coefficient (Wildman–Crippen LogP) is 7.25. The average Bonchev–Trinajstić information content (AvgIpc) is 2.69. The molecule has 0 spiro atoms. The number of benzene rings is 3. The Balaban J connectivity index is 1.55. The lowest BCUT2D eigenvalue weighted by molar-refractivity contribution is -0.0123. The van der Waals surface area contributed by atoms with Crippen molar-refractivity contribution in [3.63, 3.8) is 0 Å². The zero-order chi connectivity index (χ0) is 18.8. The molecule has 2 unspecified atom stereocenters. The highest BCUT2D eigenvalue weighted by Crippen LogP contribution is 2.33. The molecule has 0 N–H and O–H groups in total. The van der Waals surface area contributed by atoms with Gasteiger partial charge in [-0.15, -0.1) is 0 Å². The van der Waals surface area contributed by atoms with Gasteiger partial charge in [-0.3, -0.25) is 0 Å². The summed E-state index contributed by atoms with van der Waals surface area (Å²) in [6.07, 6.45) is 2.47. The zero-order valence-electron chi connectivity index (χ0n) is 15.3. The maximum atomic E-state index is 14.7. The first-order valence-electron chi connectivity index (χ1n) is 9.37. The normalized spacial score (nSPS) is 19.8. The summed E-state index contributed by atoms with van der Waals surface area (Å²) in [6.45, 7) is 3.06. The second-order valence-corrected chi connectivity index (χ2v) is 8.57. The van der Waals surface area contributed by atoms with E-state index in [9.17, 15) is 4.39 Å². The molecule has 1 saturated heterocycles. The Kier molecular flexibility index (Phi) is 5.60. The van der Waals surface area contributed by atoms with Crippen LogP contribution in [0.4, 0.5) is 4.39 Å². The molecule has 0 saturated carbocycles. The zero-order valence-corrected chi connectivity index (χ0v) is 17.4. The van der Waals surface area contributed by atoms with Crippen molar-refractivity contribution < 1.29 is 9.13 Å². The third-order valence-corrected chi connectivity index (χ3v) is 5.96. The van der Waals surface area contributed by atoms with Crippen molar-refractivity contribution in [1.29, 1.82) is 0 Å². The lowest BCUT2D eigenvalue weighted by Crippen LogP contribution is -2.18. The first-order valence-corrected chi connectivity index (χ1v) is 10.5. The van der Waals surface area contributed by atoms with E-state index < -0.39 is 0 Å². The lowest BCUT2D eigenvalue weighted by atomic mass is 9.94. The molecule has 1 aliphatic heterocycles. The fourth-order valence-electron chi connectivity index (χ4n) is 3.59. The molecule has 3 aromatic rings. The molecule has 0 amide bonds. The van der Waals surface area contributed by atoms with E-state index in [1.165, 1.54) is 12.0 Å². The lowest BCUT2D eigenvalue weighted by Gasteiger charge is -2.27. The second-order valence-electron chi connectivity index (χ2n) is 7.33. The Hall–Kier alpha value is -1.72. The highest BCUT2D eigenvalue weighted by molar-refractivity contribution is 14.1. The van der Waals surface area contributed by atoms with Crippen LogP contribution in [-0.2, 0) is 4.74 Å². The molecular weight excluding hydrogens is 450 g/mol. The molecule has 4 rings (SSSR count). The Morgan fingerprint density at radius 1 is 0.852 bits per heavy atom. The van der Waals surface area contributed by atoms with Crippen LogP contribution in [-0.4, -0.2) is 6.61 Å². The van der Waals surface area contributed by atoms with E-state index in [-0.39, 0.29) is 11.9 Å². The molecular formula is C24H22FIO. The molecule has 0 aliphatic carbocycles. The van der Waals surface area contributed by atoms with Crippen molar-refractivity contribution in [3.8, 4) is 22.3 Å². The fourth-order valence-corrected chi connectivity index (χ4v) is 3.95. The van der Waals surface area contributed by atoms with Crippen LogP contribution in [0.15, 0.2) is 66.7 Å². The molecule has 2 atom stereocenters. The highest BCUT2D eigenvalue weighted by Gasteiger charge is 2.20. The first kappa shape index (κ1) is 18.6. The number of hydrogen-bond donors (Lipinski definition) is 0. The Morgan fingerprint density at radius 2 is 1.52 bits per heavy atom. The molecule has 1 nitrogen and oxygen atoms in total. The summed E-state index contributed by atoms with van der Waals surface area (Å²) >= 11 is 2.25. The fraction of sp³-hybridized carbons (Fsp3) is 0.250. The molecule has 3 heteroatoms. The van der Waals surface area contributed by atoms with Gasteiger partial charge in [-0.25, -0.2) is 4.39 Å². The summed E-state index contributed by atoms with van der Waals surface area (Å²) in [5, 5.41) is 0. The number of ether oxygens (including phenoxy) is 1. The molecule has 0 bridgehead atoms. The van der Waals surface area contributed by atoms with E-state index in [4.69, 9.17) is 4.74 Å². The van der Waals surface area contributed by atoms with Crippen LogP contribution in [0.3, 0.4) is 0 Å². The minimum Gasteiger partial charge on any atom is -0.373 e. The largest absolute Gasteiger partial charge is 0.373 e. The summed E-state index contributed by atoms with van der Waals surface area (Å²) in [5.41, 5.74) is 4.67. The van der Waals surface area contributed by atoms with E-state index in [1.807, 2.05) is 36.4 Å². The van der Waals surface area contributed by atoms with Crippen molar-refractivity contribution in [3.05, 3.63) is 81.7 Å². The molecule has 1 heterocycles. The highest BCUT2D eigenvalue weighted by atomic mass is 127. The topological polar surface area (TPSA) is 9.23 Å². The van der Waals surface area contributed by atoms with E-state index in [0.717, 1.165) is 33.3 Å². The van der Waals surface area contributed by atoms with Crippen molar-refractivity contribution in [2.75, 3.05) is 6.61 Å². The van der Waals surface area contributed by atoms with Crippen molar-refractivity contribution in [2.45, 2.75) is 25.9 Å². The Morgan fingerprint density at radius 3 is 2.15 bits per heavy atom. The van der Waals surface area contributed by atoms with Crippen LogP contribution >= 0.6 is 22.6 Å². The van der Waals surface area contributed by atoms with Gasteiger partial charge >= 0.3 is 0 Å². The third-order valence-electron chi connectivity index (χ3n) is 5.24. The van der Waals surface area contributed by atoms with E-state index in [1.54, 1.807) is 6.07 Å². The quantitative estimate of drug-likeness (QED) is 0.365. The second kappa shape index (κ2) is 8.11. The summed E-state index contributed by atoms with van der Waals surface area (Å²) in [4.78, 5) is 0. The van der Waals surface area contributed by atoms with Gasteiger partial charge in [0, 0.05) is 15.7 Å². The average molecular weight is 472 g/mol. The van der Waals surface area contributed by atoms with Gasteiger partial charge in [0.15, 0.2) is 0 Å². The molecule has 0 aromatic heterocycles. The number of hydrogen-bond acceptors (Lipinski definition) is 1. The summed E-state index contributed by atoms with van der Waals surface area (Å²) in [6, 6.07) is 21.7. The van der Waals surface area contributed by atoms with Crippen molar-refractivity contribution in [1.82, 2.24) is 0 Å². The van der Waals surface area contributed by atoms with Gasteiger partial charge < -0.3 is 4.74 Å². The summed E-state index contributed by atoms with van der Waals surface area (Å²) in [5.74, 6) is 0.456. The maximum absolute atomic E-state index is 14.7. The van der Waals surface area contributed by atoms with Crippen LogP contribution in [0, 0.1) is 15.3 Å². The van der Waals surface area contributed by atoms with Gasteiger partial charge in [0.05, 0.1) is 6.10 Å². The molecule has 1 fully saturated rings. The molecule has 0 radical (unpaired) electrons. The monoisotopic (exact) mass is 472 g/mol. The van der Waals surface area contributed by atoms with Crippen molar-refractivity contribution in [2.24, 2.45) is 5.92 Å². The van der Waals surface area contributed by atoms with E-state index in [2.05, 4.69) is 53.8 Å². The van der Waals surface area contributed by atoms with Crippen LogP contribution in [0.5, 0.6) is 0 Å². The summed E-state index contributed by atoms with van der Waals surface area (Å²) in [7, 11) is 0. The standard InChI is InChI=1S/C24H22FIO/c1-16-2-13-24(27-15-16)19-5-3-17(4-6-19)20-9-12-22(23(25)14-20)18-7-10-21(26)11-8-18/h3-12,14,16,24H,2,13,15H2,1H3. The van der Waals surface area contributed by atoms with Gasteiger partial charge in [0.2, 0.25) is 0 Å². The number of halogens is 2. The van der Waals surface area contributed by atoms with Gasteiger partial charge in [-0.05, 0) is 81.8 Å². The van der Waals surface area contributed by atoms with Gasteiger partial charge in [-0.2, -0.15) is 0 Å². The van der Waals surface area contributed by atoms with Crippen LogP contribution in [0.1, 0.15) is 31.4 Å². The summed E-state index contributed by atoms with van der Waals surface area (Å²) < 4.78 is 21.8. The van der Waals surface area contributed by atoms with Crippen molar-refractivity contribution >= 4 is 22.6 Å². The van der Waals surface area contributed by atoms with Gasteiger partial charge in [-0.1, -0.05) is 55.5 Å². The molecule has 138 valence electrons. The van der Waals surface area contributed by atoms with Crippen LogP contribution < -0.4 is 0 Å². The molecule has 1 aliphatic rings. The number of rotatable bonds is 3. The smallest absolute Gasteiger partial charge is 0.131 e. The Labute approximate surface area is 173 Å². The van der Waals surface area contributed by atoms with Crippen LogP contribution in [0.25, 0.3) is 22.3 Å². The van der Waals surface area contributed by atoms with Gasteiger partial charge in [0.1, 0.15) is 5.82 Å². The van der Waals surface area contributed by atoms with E-state index in [0.29, 0.717) is 11.5 Å². The minimum absolute atomic E-state index is 0.190. The van der Waals surface area contributed by atoms with Gasteiger partial charge in [0.25, 0.3) is 0 Å². The van der Waals surface area contributed by atoms with E-state index >= 15 is 0 Å². The minimum atomic E-state index is -0.192. The molecule has 3 aromatic carbocycles. The SMILES string of the molecule is CC1CCC(c2ccc(-c3ccc(-c4ccc(I)cc4)c(F)c3)cc2)OC1. The predicted molar refractivity (Wildman–Crippen MR) is 117 cm³/mol. The van der Waals surface area contributed by atoms with Crippen LogP contribution in [0.2, 0.25) is 0 Å².